The highest BCUT2D eigenvalue weighted by Crippen LogP contribution is 2.13. The van der Waals surface area contributed by atoms with Crippen LogP contribution in [0.4, 0.5) is 5.69 Å². The van der Waals surface area contributed by atoms with E-state index in [9.17, 15) is 9.59 Å². The average molecular weight is 278 g/mol. The van der Waals surface area contributed by atoms with Gasteiger partial charge in [-0.1, -0.05) is 18.2 Å². The number of nitrogens with one attached hydrogen (secondary N) is 1. The third kappa shape index (κ3) is 5.40. The first-order valence-corrected chi connectivity index (χ1v) is 6.64. The van der Waals surface area contributed by atoms with Gasteiger partial charge in [0.05, 0.1) is 6.61 Å². The van der Waals surface area contributed by atoms with Crippen LogP contribution in [0, 0.1) is 6.92 Å². The van der Waals surface area contributed by atoms with Crippen molar-refractivity contribution < 1.29 is 14.3 Å². The van der Waals surface area contributed by atoms with Crippen LogP contribution in [0.25, 0.3) is 0 Å². The first kappa shape index (κ1) is 16.2. The number of nitrogens with zero attached hydrogens (tertiary/aromatic N) is 1. The molecule has 110 valence electrons. The summed E-state index contributed by atoms with van der Waals surface area (Å²) in [5, 5.41) is 2.85. The fourth-order valence-electron chi connectivity index (χ4n) is 1.79. The van der Waals surface area contributed by atoms with E-state index in [2.05, 4.69) is 5.32 Å². The third-order valence-corrected chi connectivity index (χ3v) is 3.04. The van der Waals surface area contributed by atoms with Gasteiger partial charge < -0.3 is 15.0 Å². The summed E-state index contributed by atoms with van der Waals surface area (Å²) >= 11 is 0. The number of carbonyl (C=O) groups is 2. The lowest BCUT2D eigenvalue weighted by atomic mass is 10.2. The Labute approximate surface area is 119 Å². The van der Waals surface area contributed by atoms with Crippen LogP contribution in [-0.4, -0.2) is 43.5 Å². The van der Waals surface area contributed by atoms with Crippen LogP contribution in [0.15, 0.2) is 24.3 Å². The molecule has 0 radical (unpaired) electrons. The molecule has 0 spiro atoms. The van der Waals surface area contributed by atoms with Crippen LogP contribution in [0.2, 0.25) is 0 Å². The Morgan fingerprint density at radius 1 is 1.25 bits per heavy atom. The van der Waals surface area contributed by atoms with Gasteiger partial charge in [0.1, 0.15) is 0 Å². The minimum atomic E-state index is -0.0945. The Bertz CT molecular complexity index is 460. The predicted molar refractivity (Wildman–Crippen MR) is 78.6 cm³/mol. The zero-order chi connectivity index (χ0) is 15.0. The van der Waals surface area contributed by atoms with Crippen LogP contribution in [0.3, 0.4) is 0 Å². The molecule has 0 unspecified atom stereocenters. The molecule has 0 fully saturated rings. The zero-order valence-corrected chi connectivity index (χ0v) is 12.3. The zero-order valence-electron chi connectivity index (χ0n) is 12.3. The quantitative estimate of drug-likeness (QED) is 0.827. The summed E-state index contributed by atoms with van der Waals surface area (Å²) in [6.07, 6.45) is 0.275. The maximum Gasteiger partial charge on any atom is 0.226 e. The number of anilines is 1. The van der Waals surface area contributed by atoms with Gasteiger partial charge >= 0.3 is 0 Å². The van der Waals surface area contributed by atoms with Gasteiger partial charge in [0, 0.05) is 39.2 Å². The molecule has 1 rings (SSSR count). The second-order valence-corrected chi connectivity index (χ2v) is 4.61. The lowest BCUT2D eigenvalue weighted by Crippen LogP contribution is -2.34. The van der Waals surface area contributed by atoms with Gasteiger partial charge in [-0.25, -0.2) is 0 Å². The summed E-state index contributed by atoms with van der Waals surface area (Å²) in [6.45, 7) is 4.81. The number of amides is 2. The van der Waals surface area contributed by atoms with Crippen molar-refractivity contribution in [3.8, 4) is 0 Å². The maximum atomic E-state index is 11.9. The molecule has 0 atom stereocenters. The van der Waals surface area contributed by atoms with Gasteiger partial charge in [-0.2, -0.15) is 0 Å². The van der Waals surface area contributed by atoms with E-state index in [-0.39, 0.29) is 18.2 Å². The summed E-state index contributed by atoms with van der Waals surface area (Å²) in [5.41, 5.74) is 1.83. The average Bonchev–Trinajstić information content (AvgIpc) is 2.41. The van der Waals surface area contributed by atoms with Gasteiger partial charge in [-0.3, -0.25) is 9.59 Å². The van der Waals surface area contributed by atoms with Gasteiger partial charge in [0.15, 0.2) is 0 Å². The van der Waals surface area contributed by atoms with E-state index in [1.807, 2.05) is 31.2 Å². The summed E-state index contributed by atoms with van der Waals surface area (Å²) in [6, 6.07) is 7.60. The fourth-order valence-corrected chi connectivity index (χ4v) is 1.79. The van der Waals surface area contributed by atoms with Crippen LogP contribution >= 0.6 is 0 Å². The Morgan fingerprint density at radius 2 is 1.95 bits per heavy atom. The van der Waals surface area contributed by atoms with Crippen molar-refractivity contribution >= 4 is 17.5 Å². The van der Waals surface area contributed by atoms with E-state index in [0.29, 0.717) is 19.7 Å². The van der Waals surface area contributed by atoms with Gasteiger partial charge in [-0.15, -0.1) is 0 Å². The van der Waals surface area contributed by atoms with Crippen molar-refractivity contribution in [2.24, 2.45) is 0 Å². The Kier molecular flexibility index (Phi) is 6.73. The van der Waals surface area contributed by atoms with Gasteiger partial charge in [0.25, 0.3) is 0 Å². The van der Waals surface area contributed by atoms with Crippen molar-refractivity contribution in [1.29, 1.82) is 0 Å². The van der Waals surface area contributed by atoms with Gasteiger partial charge in [-0.05, 0) is 18.6 Å². The minimum absolute atomic E-state index is 0.0502. The summed E-state index contributed by atoms with van der Waals surface area (Å²) < 4.78 is 4.95. The smallest absolute Gasteiger partial charge is 0.226 e. The van der Waals surface area contributed by atoms with Crippen LogP contribution in [0.5, 0.6) is 0 Å². The monoisotopic (exact) mass is 278 g/mol. The van der Waals surface area contributed by atoms with Gasteiger partial charge in [0.2, 0.25) is 11.8 Å². The normalized spacial score (nSPS) is 10.2. The lowest BCUT2D eigenvalue weighted by Gasteiger charge is -2.20. The van der Waals surface area contributed by atoms with Crippen molar-refractivity contribution in [3.05, 3.63) is 29.8 Å². The summed E-state index contributed by atoms with van der Waals surface area (Å²) in [7, 11) is 1.59. The van der Waals surface area contributed by atoms with E-state index < -0.39 is 0 Å². The first-order valence-electron chi connectivity index (χ1n) is 6.64. The molecule has 0 aliphatic rings. The van der Waals surface area contributed by atoms with E-state index >= 15 is 0 Å². The molecule has 0 heterocycles. The van der Waals surface area contributed by atoms with Crippen LogP contribution < -0.4 is 5.32 Å². The number of carbonyl (C=O) groups excluding carboxylic acids is 2. The van der Waals surface area contributed by atoms with Crippen molar-refractivity contribution in [2.45, 2.75) is 20.3 Å². The predicted octanol–water partition coefficient (Wildman–Crippen LogP) is 1.82. The molecule has 0 bridgehead atoms. The molecule has 1 aromatic carbocycles. The molecular weight excluding hydrogens is 256 g/mol. The largest absolute Gasteiger partial charge is 0.383 e. The molecule has 0 aliphatic heterocycles. The van der Waals surface area contributed by atoms with Crippen molar-refractivity contribution in [3.63, 3.8) is 0 Å². The van der Waals surface area contributed by atoms with E-state index in [4.69, 9.17) is 4.74 Å². The number of ether oxygens (including phenoxy) is 1. The highest BCUT2D eigenvalue weighted by Gasteiger charge is 2.11. The van der Waals surface area contributed by atoms with Crippen LogP contribution in [0.1, 0.15) is 18.9 Å². The summed E-state index contributed by atoms with van der Waals surface area (Å²) in [5.74, 6) is -0.145. The van der Waals surface area contributed by atoms with E-state index in [0.717, 1.165) is 11.3 Å². The number of hydrogen-bond acceptors (Lipinski definition) is 3. The second-order valence-electron chi connectivity index (χ2n) is 4.61. The molecule has 0 aromatic heterocycles. The molecule has 0 saturated heterocycles. The number of aryl methyl sites for hydroxylation is 1. The number of benzene rings is 1. The molecular formula is C15H22N2O3. The third-order valence-electron chi connectivity index (χ3n) is 3.04. The summed E-state index contributed by atoms with van der Waals surface area (Å²) in [4.78, 5) is 24.9. The van der Waals surface area contributed by atoms with E-state index in [1.54, 1.807) is 12.0 Å². The van der Waals surface area contributed by atoms with Crippen molar-refractivity contribution in [2.75, 3.05) is 32.1 Å². The second kappa shape index (κ2) is 8.32. The minimum Gasteiger partial charge on any atom is -0.383 e. The standard InChI is InChI=1S/C15H22N2O3/c1-12-6-4-5-7-14(12)16-15(19)8-9-17(13(2)18)10-11-20-3/h4-7H,8-11H2,1-3H3,(H,16,19). The number of rotatable bonds is 7. The molecule has 5 nitrogen and oxygen atoms in total. The highest BCUT2D eigenvalue weighted by atomic mass is 16.5. The molecule has 0 saturated carbocycles. The Balaban J connectivity index is 2.45. The highest BCUT2D eigenvalue weighted by molar-refractivity contribution is 5.91. The molecule has 1 aromatic rings. The molecule has 2 amide bonds. The van der Waals surface area contributed by atoms with Crippen molar-refractivity contribution in [1.82, 2.24) is 4.90 Å². The maximum absolute atomic E-state index is 11.9. The molecule has 0 aliphatic carbocycles. The lowest BCUT2D eigenvalue weighted by molar-refractivity contribution is -0.130. The Morgan fingerprint density at radius 3 is 2.55 bits per heavy atom. The molecule has 1 N–H and O–H groups in total. The molecule has 20 heavy (non-hydrogen) atoms. The Hall–Kier alpha value is -1.88. The number of para-hydroxylation sites is 1. The first-order chi connectivity index (χ1) is 9.54. The van der Waals surface area contributed by atoms with E-state index in [1.165, 1.54) is 6.92 Å². The fraction of sp³-hybridized carbons (Fsp3) is 0.467. The SMILES string of the molecule is COCCN(CCC(=O)Nc1ccccc1C)C(C)=O. The number of hydrogen-bond donors (Lipinski definition) is 1. The van der Waals surface area contributed by atoms with Crippen LogP contribution in [-0.2, 0) is 14.3 Å². The topological polar surface area (TPSA) is 58.6 Å². The molecule has 5 heteroatoms. The number of methoxy groups -OCH3 is 1.